The zero-order valence-corrected chi connectivity index (χ0v) is 18.0. The van der Waals surface area contributed by atoms with Crippen molar-refractivity contribution in [3.8, 4) is 11.1 Å². The summed E-state index contributed by atoms with van der Waals surface area (Å²) >= 11 is 1.24. The van der Waals surface area contributed by atoms with E-state index in [9.17, 15) is 24.5 Å². The first kappa shape index (κ1) is 21.2. The number of nitrogens with zero attached hydrogens (tertiary/aromatic N) is 2. The molecular weight excluding hydrogens is 432 g/mol. The number of nitro benzene ring substituents is 1. The molecule has 0 spiro atoms. The van der Waals surface area contributed by atoms with Gasteiger partial charge in [-0.25, -0.2) is 4.79 Å². The summed E-state index contributed by atoms with van der Waals surface area (Å²) in [5.41, 5.74) is 1.97. The molecule has 9 nitrogen and oxygen atoms in total. The maximum Gasteiger partial charge on any atom is 0.329 e. The Kier molecular flexibility index (Phi) is 5.45. The molecule has 0 aliphatic rings. The summed E-state index contributed by atoms with van der Waals surface area (Å²) in [5.74, 6) is -0.646. The number of rotatable bonds is 5. The molecule has 162 valence electrons. The second kappa shape index (κ2) is 8.23. The van der Waals surface area contributed by atoms with Crippen LogP contribution in [0.4, 0.5) is 11.4 Å². The van der Waals surface area contributed by atoms with E-state index in [1.54, 1.807) is 12.3 Å². The molecule has 2 heterocycles. The number of non-ortho nitro benzene ring substituents is 1. The zero-order chi connectivity index (χ0) is 23.0. The lowest BCUT2D eigenvalue weighted by atomic mass is 10.1. The molecule has 4 rings (SSSR count). The molecule has 0 unspecified atom stereocenters. The summed E-state index contributed by atoms with van der Waals surface area (Å²) in [6.45, 7) is 3.11. The Hall–Kier alpha value is -4.05. The monoisotopic (exact) mass is 450 g/mol. The maximum absolute atomic E-state index is 13.2. The van der Waals surface area contributed by atoms with Gasteiger partial charge in [0.2, 0.25) is 5.91 Å². The van der Waals surface area contributed by atoms with Crippen molar-refractivity contribution in [3.05, 3.63) is 89.9 Å². The van der Waals surface area contributed by atoms with Crippen molar-refractivity contribution in [2.45, 2.75) is 20.4 Å². The van der Waals surface area contributed by atoms with Crippen molar-refractivity contribution in [3.63, 3.8) is 0 Å². The van der Waals surface area contributed by atoms with Crippen LogP contribution in [0.3, 0.4) is 0 Å². The van der Waals surface area contributed by atoms with Gasteiger partial charge in [0.1, 0.15) is 11.4 Å². The molecule has 0 aliphatic heterocycles. The lowest BCUT2D eigenvalue weighted by Crippen LogP contribution is -2.38. The average Bonchev–Trinajstić information content (AvgIpc) is 3.17. The molecule has 2 aromatic heterocycles. The quantitative estimate of drug-likeness (QED) is 0.355. The van der Waals surface area contributed by atoms with Crippen LogP contribution in [0.15, 0.2) is 57.4 Å². The molecule has 0 saturated heterocycles. The van der Waals surface area contributed by atoms with Crippen LogP contribution >= 0.6 is 11.3 Å². The highest BCUT2D eigenvalue weighted by Crippen LogP contribution is 2.30. The fourth-order valence-corrected chi connectivity index (χ4v) is 4.29. The summed E-state index contributed by atoms with van der Waals surface area (Å²) in [5, 5.41) is 15.7. The van der Waals surface area contributed by atoms with Crippen molar-refractivity contribution in [1.29, 1.82) is 0 Å². The van der Waals surface area contributed by atoms with Gasteiger partial charge in [0.25, 0.3) is 11.2 Å². The van der Waals surface area contributed by atoms with Gasteiger partial charge in [-0.2, -0.15) is 0 Å². The van der Waals surface area contributed by atoms with Gasteiger partial charge in [-0.15, -0.1) is 11.3 Å². The van der Waals surface area contributed by atoms with E-state index in [-0.39, 0.29) is 11.4 Å². The highest BCUT2D eigenvalue weighted by atomic mass is 32.1. The number of carbonyl (C=O) groups excluding carboxylic acids is 1. The van der Waals surface area contributed by atoms with Crippen LogP contribution in [0, 0.1) is 24.0 Å². The van der Waals surface area contributed by atoms with Crippen molar-refractivity contribution in [1.82, 2.24) is 9.55 Å². The Balaban J connectivity index is 1.70. The van der Waals surface area contributed by atoms with Gasteiger partial charge in [-0.1, -0.05) is 35.9 Å². The molecule has 1 amide bonds. The van der Waals surface area contributed by atoms with Gasteiger partial charge in [-0.3, -0.25) is 29.3 Å². The van der Waals surface area contributed by atoms with Crippen LogP contribution in [0.2, 0.25) is 0 Å². The lowest BCUT2D eigenvalue weighted by Gasteiger charge is -2.09. The number of aryl methyl sites for hydroxylation is 2. The number of anilines is 1. The van der Waals surface area contributed by atoms with Gasteiger partial charge >= 0.3 is 5.69 Å². The highest BCUT2D eigenvalue weighted by Gasteiger charge is 2.18. The van der Waals surface area contributed by atoms with E-state index < -0.39 is 28.6 Å². The number of nitrogens with one attached hydrogen (secondary N) is 2. The molecule has 2 N–H and O–H groups in total. The number of hydrogen-bond donors (Lipinski definition) is 2. The fourth-order valence-electron chi connectivity index (χ4n) is 3.33. The van der Waals surface area contributed by atoms with E-state index in [0.717, 1.165) is 15.7 Å². The van der Waals surface area contributed by atoms with Gasteiger partial charge in [-0.05, 0) is 25.0 Å². The molecule has 10 heteroatoms. The Labute approximate surface area is 185 Å². The number of aromatic amines is 1. The van der Waals surface area contributed by atoms with Gasteiger partial charge in [0.05, 0.1) is 16.0 Å². The summed E-state index contributed by atoms with van der Waals surface area (Å²) in [6, 6.07) is 11.7. The topological polar surface area (TPSA) is 127 Å². The smallest absolute Gasteiger partial charge is 0.324 e. The number of benzene rings is 2. The zero-order valence-electron chi connectivity index (χ0n) is 17.2. The summed E-state index contributed by atoms with van der Waals surface area (Å²) in [6.07, 6.45) is 0. The standard InChI is InChI=1S/C22H18N4O5S/c1-12-3-6-14(7-4-12)16-11-32-20-19(16)21(28)25(22(29)24-20)10-18(27)23-17-9-15(26(30)31)8-5-13(17)2/h3-9,11H,10H2,1-2H3,(H,23,27)(H,24,29). The number of thiophene rings is 1. The Morgan fingerprint density at radius 2 is 1.88 bits per heavy atom. The van der Waals surface area contributed by atoms with Crippen LogP contribution in [0.25, 0.3) is 21.3 Å². The number of nitro groups is 1. The van der Waals surface area contributed by atoms with E-state index in [1.165, 1.54) is 29.5 Å². The van der Waals surface area contributed by atoms with Gasteiger partial charge < -0.3 is 5.32 Å². The summed E-state index contributed by atoms with van der Waals surface area (Å²) in [4.78, 5) is 51.8. The van der Waals surface area contributed by atoms with Crippen LogP contribution in [0.1, 0.15) is 11.1 Å². The van der Waals surface area contributed by atoms with Gasteiger partial charge in [0, 0.05) is 23.1 Å². The normalized spacial score (nSPS) is 10.9. The number of fused-ring (bicyclic) bond motifs is 1. The first-order chi connectivity index (χ1) is 15.2. The van der Waals surface area contributed by atoms with Gasteiger partial charge in [0.15, 0.2) is 0 Å². The van der Waals surface area contributed by atoms with Crippen LogP contribution < -0.4 is 16.6 Å². The summed E-state index contributed by atoms with van der Waals surface area (Å²) < 4.78 is 0.828. The minimum absolute atomic E-state index is 0.177. The Morgan fingerprint density at radius 3 is 2.56 bits per heavy atom. The third-order valence-electron chi connectivity index (χ3n) is 5.09. The third-order valence-corrected chi connectivity index (χ3v) is 5.98. The Morgan fingerprint density at radius 1 is 1.16 bits per heavy atom. The van der Waals surface area contributed by atoms with Crippen molar-refractivity contribution < 1.29 is 9.72 Å². The molecule has 0 radical (unpaired) electrons. The van der Waals surface area contributed by atoms with E-state index in [2.05, 4.69) is 10.3 Å². The van der Waals surface area contributed by atoms with Crippen molar-refractivity contribution in [2.75, 3.05) is 5.32 Å². The first-order valence-electron chi connectivity index (χ1n) is 9.61. The first-order valence-corrected chi connectivity index (χ1v) is 10.5. The fraction of sp³-hybridized carbons (Fsp3) is 0.136. The molecule has 2 aromatic carbocycles. The second-order valence-electron chi connectivity index (χ2n) is 7.35. The minimum atomic E-state index is -0.703. The molecule has 0 fully saturated rings. The largest absolute Gasteiger partial charge is 0.329 e. The highest BCUT2D eigenvalue weighted by molar-refractivity contribution is 7.17. The number of H-pyrrole nitrogens is 1. The molecule has 0 bridgehead atoms. The van der Waals surface area contributed by atoms with E-state index >= 15 is 0 Å². The SMILES string of the molecule is Cc1ccc(-c2csc3[nH]c(=O)n(CC(=O)Nc4cc([N+](=O)[O-])ccc4C)c(=O)c23)cc1. The van der Waals surface area contributed by atoms with E-state index in [0.29, 0.717) is 21.3 Å². The van der Waals surface area contributed by atoms with Crippen LogP contribution in [0.5, 0.6) is 0 Å². The number of carbonyl (C=O) groups is 1. The molecule has 0 aliphatic carbocycles. The van der Waals surface area contributed by atoms with Crippen molar-refractivity contribution >= 4 is 38.8 Å². The average molecular weight is 450 g/mol. The number of aromatic nitrogens is 2. The predicted octanol–water partition coefficient (Wildman–Crippen LogP) is 3.58. The molecular formula is C22H18N4O5S. The molecule has 32 heavy (non-hydrogen) atoms. The second-order valence-corrected chi connectivity index (χ2v) is 8.23. The van der Waals surface area contributed by atoms with Crippen LogP contribution in [-0.2, 0) is 11.3 Å². The molecule has 0 atom stereocenters. The lowest BCUT2D eigenvalue weighted by molar-refractivity contribution is -0.384. The molecule has 0 saturated carbocycles. The predicted molar refractivity (Wildman–Crippen MR) is 123 cm³/mol. The minimum Gasteiger partial charge on any atom is -0.324 e. The van der Waals surface area contributed by atoms with Crippen molar-refractivity contribution in [2.24, 2.45) is 0 Å². The molecule has 4 aromatic rings. The summed E-state index contributed by atoms with van der Waals surface area (Å²) in [7, 11) is 0. The number of amides is 1. The number of hydrogen-bond acceptors (Lipinski definition) is 6. The van der Waals surface area contributed by atoms with E-state index in [1.807, 2.05) is 31.2 Å². The van der Waals surface area contributed by atoms with E-state index in [4.69, 9.17) is 0 Å². The van der Waals surface area contributed by atoms with Crippen LogP contribution in [-0.4, -0.2) is 20.4 Å². The third kappa shape index (κ3) is 3.95. The Bertz CT molecular complexity index is 1480. The maximum atomic E-state index is 13.2.